The van der Waals surface area contributed by atoms with Crippen LogP contribution in [0, 0.1) is 12.3 Å². The van der Waals surface area contributed by atoms with E-state index < -0.39 is 0 Å². The summed E-state index contributed by atoms with van der Waals surface area (Å²) in [6.07, 6.45) is 1.53. The molecule has 0 aliphatic heterocycles. The number of aryl methyl sites for hydroxylation is 1. The van der Waals surface area contributed by atoms with E-state index in [9.17, 15) is 4.79 Å². The predicted octanol–water partition coefficient (Wildman–Crippen LogP) is -0.0326. The van der Waals surface area contributed by atoms with Crippen LogP contribution in [0.15, 0.2) is 17.1 Å². The molecule has 0 unspecified atom stereocenters. The molecule has 0 radical (unpaired) electrons. The third-order valence-electron chi connectivity index (χ3n) is 1.44. The van der Waals surface area contributed by atoms with E-state index in [1.54, 1.807) is 13.0 Å². The largest absolute Gasteiger partial charge is 0.384 e. The predicted molar refractivity (Wildman–Crippen MR) is 42.8 cm³/mol. The highest BCUT2D eigenvalue weighted by Crippen LogP contribution is 1.97. The molecule has 0 aromatic carbocycles. The standard InChI is InChI=1S/C7H9N3O/c1-4-2-3-10-7(11)5(4)6(8)9/h2-3H,1H3,(H3,8,9)(H,10,11). The van der Waals surface area contributed by atoms with Gasteiger partial charge in [0.2, 0.25) is 0 Å². The Hall–Kier alpha value is -1.58. The number of nitrogens with one attached hydrogen (secondary N) is 2. The number of aromatic amines is 1. The van der Waals surface area contributed by atoms with E-state index in [0.29, 0.717) is 0 Å². The zero-order valence-electron chi connectivity index (χ0n) is 6.14. The molecular weight excluding hydrogens is 142 g/mol. The molecule has 4 heteroatoms. The van der Waals surface area contributed by atoms with Crippen molar-refractivity contribution in [2.75, 3.05) is 0 Å². The quantitative estimate of drug-likeness (QED) is 0.389. The first-order chi connectivity index (χ1) is 5.13. The van der Waals surface area contributed by atoms with Crippen LogP contribution in [-0.4, -0.2) is 10.8 Å². The monoisotopic (exact) mass is 151 g/mol. The molecule has 0 spiro atoms. The van der Waals surface area contributed by atoms with Gasteiger partial charge in [0.05, 0.1) is 5.56 Å². The van der Waals surface area contributed by atoms with Gasteiger partial charge in [0.25, 0.3) is 5.56 Å². The molecule has 1 aromatic rings. The molecule has 1 heterocycles. The molecule has 0 fully saturated rings. The summed E-state index contributed by atoms with van der Waals surface area (Å²) in [5.74, 6) is -0.190. The van der Waals surface area contributed by atoms with Crippen LogP contribution < -0.4 is 11.3 Å². The number of pyridine rings is 1. The van der Waals surface area contributed by atoms with E-state index in [1.807, 2.05) is 0 Å². The zero-order valence-corrected chi connectivity index (χ0v) is 6.14. The van der Waals surface area contributed by atoms with Crippen LogP contribution in [0.1, 0.15) is 11.1 Å². The van der Waals surface area contributed by atoms with Crippen LogP contribution in [0.3, 0.4) is 0 Å². The second-order valence-corrected chi connectivity index (χ2v) is 2.28. The van der Waals surface area contributed by atoms with Crippen molar-refractivity contribution in [2.45, 2.75) is 6.92 Å². The summed E-state index contributed by atoms with van der Waals surface area (Å²) in [7, 11) is 0. The summed E-state index contributed by atoms with van der Waals surface area (Å²) in [6, 6.07) is 1.71. The summed E-state index contributed by atoms with van der Waals surface area (Å²) in [5, 5.41) is 7.07. The Morgan fingerprint density at radius 2 is 2.36 bits per heavy atom. The molecule has 58 valence electrons. The summed E-state index contributed by atoms with van der Waals surface area (Å²) >= 11 is 0. The molecular formula is C7H9N3O. The molecule has 11 heavy (non-hydrogen) atoms. The molecule has 0 aliphatic carbocycles. The number of H-pyrrole nitrogens is 1. The van der Waals surface area contributed by atoms with Gasteiger partial charge in [-0.05, 0) is 18.6 Å². The molecule has 0 saturated heterocycles. The molecule has 4 nitrogen and oxygen atoms in total. The fourth-order valence-electron chi connectivity index (χ4n) is 0.912. The lowest BCUT2D eigenvalue weighted by atomic mass is 10.1. The Morgan fingerprint density at radius 1 is 1.73 bits per heavy atom. The second kappa shape index (κ2) is 2.57. The van der Waals surface area contributed by atoms with Crippen LogP contribution >= 0.6 is 0 Å². The third-order valence-corrected chi connectivity index (χ3v) is 1.44. The third kappa shape index (κ3) is 1.29. The number of hydrogen-bond acceptors (Lipinski definition) is 2. The molecule has 0 bridgehead atoms. The highest BCUT2D eigenvalue weighted by atomic mass is 16.1. The van der Waals surface area contributed by atoms with Gasteiger partial charge in [-0.2, -0.15) is 0 Å². The summed E-state index contributed by atoms with van der Waals surface area (Å²) in [6.45, 7) is 1.74. The number of rotatable bonds is 1. The van der Waals surface area contributed by atoms with Crippen molar-refractivity contribution in [1.29, 1.82) is 5.41 Å². The topological polar surface area (TPSA) is 82.7 Å². The molecule has 0 saturated carbocycles. The van der Waals surface area contributed by atoms with Gasteiger partial charge in [-0.25, -0.2) is 0 Å². The van der Waals surface area contributed by atoms with Gasteiger partial charge in [0.15, 0.2) is 0 Å². The fraction of sp³-hybridized carbons (Fsp3) is 0.143. The zero-order chi connectivity index (χ0) is 8.43. The minimum Gasteiger partial charge on any atom is -0.384 e. The Balaban J connectivity index is 3.45. The van der Waals surface area contributed by atoms with Crippen LogP contribution in [0.5, 0.6) is 0 Å². The van der Waals surface area contributed by atoms with Crippen molar-refractivity contribution in [2.24, 2.45) is 5.73 Å². The van der Waals surface area contributed by atoms with Crippen molar-refractivity contribution in [3.63, 3.8) is 0 Å². The van der Waals surface area contributed by atoms with Gasteiger partial charge >= 0.3 is 0 Å². The summed E-state index contributed by atoms with van der Waals surface area (Å²) in [5.41, 5.74) is 5.85. The Kier molecular flexibility index (Phi) is 1.76. The minimum absolute atomic E-state index is 0.190. The van der Waals surface area contributed by atoms with E-state index in [-0.39, 0.29) is 17.0 Å². The lowest BCUT2D eigenvalue weighted by Gasteiger charge is -1.99. The van der Waals surface area contributed by atoms with Crippen molar-refractivity contribution in [1.82, 2.24) is 4.98 Å². The first-order valence-electron chi connectivity index (χ1n) is 3.15. The highest BCUT2D eigenvalue weighted by molar-refractivity contribution is 5.95. The maximum atomic E-state index is 11.0. The number of aromatic nitrogens is 1. The fourth-order valence-corrected chi connectivity index (χ4v) is 0.912. The van der Waals surface area contributed by atoms with E-state index in [2.05, 4.69) is 4.98 Å². The number of nitrogen functional groups attached to an aromatic ring is 1. The van der Waals surface area contributed by atoms with E-state index in [0.717, 1.165) is 5.56 Å². The second-order valence-electron chi connectivity index (χ2n) is 2.28. The first-order valence-corrected chi connectivity index (χ1v) is 3.15. The van der Waals surface area contributed by atoms with Gasteiger partial charge in [-0.15, -0.1) is 0 Å². The normalized spacial score (nSPS) is 9.55. The van der Waals surface area contributed by atoms with E-state index in [4.69, 9.17) is 11.1 Å². The Bertz CT molecular complexity index is 340. The van der Waals surface area contributed by atoms with Crippen LogP contribution in [0.4, 0.5) is 0 Å². The van der Waals surface area contributed by atoms with Gasteiger partial charge in [-0.3, -0.25) is 10.2 Å². The average Bonchev–Trinajstić information content (AvgIpc) is 1.85. The van der Waals surface area contributed by atoms with Gasteiger partial charge in [0, 0.05) is 6.20 Å². The van der Waals surface area contributed by atoms with Gasteiger partial charge < -0.3 is 10.7 Å². The van der Waals surface area contributed by atoms with Crippen molar-refractivity contribution in [3.8, 4) is 0 Å². The van der Waals surface area contributed by atoms with Crippen molar-refractivity contribution < 1.29 is 0 Å². The molecule has 0 amide bonds. The summed E-state index contributed by atoms with van der Waals surface area (Å²) < 4.78 is 0. The average molecular weight is 151 g/mol. The number of amidine groups is 1. The molecule has 4 N–H and O–H groups in total. The van der Waals surface area contributed by atoms with Crippen molar-refractivity contribution in [3.05, 3.63) is 33.7 Å². The Labute approximate surface area is 63.6 Å². The van der Waals surface area contributed by atoms with Crippen LogP contribution in [-0.2, 0) is 0 Å². The lowest BCUT2D eigenvalue weighted by Crippen LogP contribution is -2.24. The molecule has 0 aliphatic rings. The number of nitrogens with two attached hydrogens (primary N) is 1. The van der Waals surface area contributed by atoms with E-state index in [1.165, 1.54) is 6.20 Å². The van der Waals surface area contributed by atoms with Gasteiger partial charge in [0.1, 0.15) is 5.84 Å². The summed E-state index contributed by atoms with van der Waals surface area (Å²) in [4.78, 5) is 13.5. The Morgan fingerprint density at radius 3 is 2.73 bits per heavy atom. The van der Waals surface area contributed by atoms with Crippen LogP contribution in [0.25, 0.3) is 0 Å². The SMILES string of the molecule is Cc1cc[nH]c(=O)c1C(=N)N. The lowest BCUT2D eigenvalue weighted by molar-refractivity contribution is 1.18. The van der Waals surface area contributed by atoms with Gasteiger partial charge in [-0.1, -0.05) is 0 Å². The molecule has 1 rings (SSSR count). The smallest absolute Gasteiger partial charge is 0.259 e. The molecule has 0 atom stereocenters. The molecule has 1 aromatic heterocycles. The maximum absolute atomic E-state index is 11.0. The maximum Gasteiger partial charge on any atom is 0.259 e. The number of hydrogen-bond donors (Lipinski definition) is 3. The van der Waals surface area contributed by atoms with Crippen molar-refractivity contribution >= 4 is 5.84 Å². The van der Waals surface area contributed by atoms with E-state index >= 15 is 0 Å². The minimum atomic E-state index is -0.308. The highest BCUT2D eigenvalue weighted by Gasteiger charge is 2.04. The first kappa shape index (κ1) is 7.53. The van der Waals surface area contributed by atoms with Crippen LogP contribution in [0.2, 0.25) is 0 Å².